The Labute approximate surface area is 165 Å². The molecule has 27 heavy (non-hydrogen) atoms. The maximum absolute atomic E-state index is 12.6. The van der Waals surface area contributed by atoms with E-state index < -0.39 is 0 Å². The van der Waals surface area contributed by atoms with E-state index in [-0.39, 0.29) is 5.41 Å². The number of allylic oxidation sites excluding steroid dienone is 2. The summed E-state index contributed by atoms with van der Waals surface area (Å²) in [4.78, 5) is 12.6. The van der Waals surface area contributed by atoms with Gasteiger partial charge < -0.3 is 5.32 Å². The van der Waals surface area contributed by atoms with E-state index in [9.17, 15) is 4.79 Å². The summed E-state index contributed by atoms with van der Waals surface area (Å²) >= 11 is 0. The largest absolute Gasteiger partial charge is 0.317 e. The Kier molecular flexibility index (Phi) is 3.47. The summed E-state index contributed by atoms with van der Waals surface area (Å²) in [5.74, 6) is 2.59. The van der Waals surface area contributed by atoms with Crippen LogP contribution in [0.2, 0.25) is 0 Å². The molecule has 2 spiro atoms. The highest BCUT2D eigenvalue weighted by atomic mass is 16.1. The molecule has 5 aliphatic carbocycles. The average molecular weight is 370 g/mol. The Balaban J connectivity index is 1.55. The molecule has 0 radical (unpaired) electrons. The number of ketones is 1. The summed E-state index contributed by atoms with van der Waals surface area (Å²) in [6.07, 6.45) is 13.9. The first kappa shape index (κ1) is 18.4. The van der Waals surface area contributed by atoms with Gasteiger partial charge in [-0.25, -0.2) is 0 Å². The van der Waals surface area contributed by atoms with Crippen molar-refractivity contribution < 1.29 is 4.79 Å². The molecule has 0 amide bonds. The van der Waals surface area contributed by atoms with E-state index in [1.54, 1.807) is 0 Å². The van der Waals surface area contributed by atoms with Crippen LogP contribution in [0.4, 0.5) is 0 Å². The van der Waals surface area contributed by atoms with Gasteiger partial charge in [-0.3, -0.25) is 4.79 Å². The molecular formula is C25H39NO. The quantitative estimate of drug-likeness (QED) is 0.708. The summed E-state index contributed by atoms with van der Waals surface area (Å²) in [6.45, 7) is 12.2. The van der Waals surface area contributed by atoms with Crippen LogP contribution in [0.1, 0.15) is 79.6 Å². The van der Waals surface area contributed by atoms with Crippen LogP contribution in [0.3, 0.4) is 0 Å². The molecule has 0 unspecified atom stereocenters. The summed E-state index contributed by atoms with van der Waals surface area (Å²) in [5.41, 5.74) is 1.60. The van der Waals surface area contributed by atoms with E-state index in [0.29, 0.717) is 39.4 Å². The fraction of sp³-hybridized carbons (Fsp3) is 0.880. The molecule has 2 heteroatoms. The zero-order valence-corrected chi connectivity index (χ0v) is 18.3. The number of nitrogens with one attached hydrogen (secondary N) is 1. The van der Waals surface area contributed by atoms with Gasteiger partial charge in [0, 0.05) is 11.5 Å². The van der Waals surface area contributed by atoms with Crippen molar-refractivity contribution in [1.29, 1.82) is 0 Å². The van der Waals surface area contributed by atoms with Crippen LogP contribution in [-0.4, -0.2) is 18.9 Å². The van der Waals surface area contributed by atoms with Gasteiger partial charge in [0.05, 0.1) is 0 Å². The molecule has 0 saturated heterocycles. The van der Waals surface area contributed by atoms with Gasteiger partial charge in [0.25, 0.3) is 0 Å². The molecule has 8 atom stereocenters. The molecule has 150 valence electrons. The molecule has 2 nitrogen and oxygen atoms in total. The standard InChI is InChI=1S/C25H39NO/c1-16(26-6)17-9-11-23(5)19-8-7-18-21(2,3)20(27)10-12-24(18)15-25(19,24)14-13-22(17,23)4/h10,12,16-19,26H,7-9,11,13-15H2,1-6H3/t16-,17-,18-,19+,22-,23+,24-,25+/m1/s1. The molecule has 0 aromatic heterocycles. The van der Waals surface area contributed by atoms with E-state index in [0.717, 1.165) is 11.8 Å². The van der Waals surface area contributed by atoms with Gasteiger partial charge >= 0.3 is 0 Å². The van der Waals surface area contributed by atoms with E-state index in [1.165, 1.54) is 44.9 Å². The van der Waals surface area contributed by atoms with E-state index in [4.69, 9.17) is 0 Å². The van der Waals surface area contributed by atoms with Crippen molar-refractivity contribution in [3.05, 3.63) is 12.2 Å². The van der Waals surface area contributed by atoms with Crippen molar-refractivity contribution in [3.8, 4) is 0 Å². The SMILES string of the molecule is CN[C@H](C)[C@H]1CC[C@@]2(C)[C@@H]3CC[C@@H]4C(C)(C)C(=O)C=C[C@@]45C[C@@]35CC[C@]12C. The van der Waals surface area contributed by atoms with Crippen LogP contribution in [0.5, 0.6) is 0 Å². The van der Waals surface area contributed by atoms with Gasteiger partial charge in [-0.2, -0.15) is 0 Å². The van der Waals surface area contributed by atoms with Crippen LogP contribution in [0.25, 0.3) is 0 Å². The van der Waals surface area contributed by atoms with E-state index in [2.05, 4.69) is 53.1 Å². The number of carbonyl (C=O) groups excluding carboxylic acids is 1. The van der Waals surface area contributed by atoms with Gasteiger partial charge in [-0.05, 0) is 104 Å². The Morgan fingerprint density at radius 2 is 1.70 bits per heavy atom. The van der Waals surface area contributed by atoms with Crippen LogP contribution < -0.4 is 5.32 Å². The lowest BCUT2D eigenvalue weighted by atomic mass is 9.42. The highest BCUT2D eigenvalue weighted by Crippen LogP contribution is 2.87. The van der Waals surface area contributed by atoms with Crippen molar-refractivity contribution >= 4 is 5.78 Å². The third-order valence-electron chi connectivity index (χ3n) is 11.5. The molecule has 4 fully saturated rings. The number of hydrogen-bond donors (Lipinski definition) is 1. The molecule has 5 rings (SSSR count). The summed E-state index contributed by atoms with van der Waals surface area (Å²) in [7, 11) is 2.14. The average Bonchev–Trinajstić information content (AvgIpc) is 3.21. The number of carbonyl (C=O) groups is 1. The molecule has 0 aromatic carbocycles. The topological polar surface area (TPSA) is 29.1 Å². The first-order valence-electron chi connectivity index (χ1n) is 11.5. The molecule has 5 aliphatic rings. The summed E-state index contributed by atoms with van der Waals surface area (Å²) in [6, 6.07) is 0.613. The van der Waals surface area contributed by atoms with Crippen LogP contribution in [0.15, 0.2) is 12.2 Å². The lowest BCUT2D eigenvalue weighted by Gasteiger charge is -2.62. The molecule has 0 heterocycles. The van der Waals surface area contributed by atoms with Gasteiger partial charge in [0.1, 0.15) is 0 Å². The second kappa shape index (κ2) is 5.10. The zero-order valence-electron chi connectivity index (χ0n) is 18.3. The molecule has 0 bridgehead atoms. The maximum atomic E-state index is 12.6. The summed E-state index contributed by atoms with van der Waals surface area (Å²) in [5, 5.41) is 3.59. The van der Waals surface area contributed by atoms with Gasteiger partial charge in [0.2, 0.25) is 0 Å². The third kappa shape index (κ3) is 1.82. The van der Waals surface area contributed by atoms with Crippen LogP contribution in [-0.2, 0) is 4.79 Å². The van der Waals surface area contributed by atoms with Crippen molar-refractivity contribution in [3.63, 3.8) is 0 Å². The van der Waals surface area contributed by atoms with Gasteiger partial charge in [0.15, 0.2) is 5.78 Å². The Bertz CT molecular complexity index is 724. The lowest BCUT2D eigenvalue weighted by Crippen LogP contribution is -2.57. The number of fused-ring (bicyclic) bond motifs is 2. The highest BCUT2D eigenvalue weighted by Gasteiger charge is 2.81. The van der Waals surface area contributed by atoms with Crippen molar-refractivity contribution in [2.24, 2.45) is 44.8 Å². The molecule has 0 aliphatic heterocycles. The van der Waals surface area contributed by atoms with E-state index >= 15 is 0 Å². The Morgan fingerprint density at radius 3 is 2.41 bits per heavy atom. The second-order valence-corrected chi connectivity index (χ2v) is 12.0. The van der Waals surface area contributed by atoms with Crippen LogP contribution >= 0.6 is 0 Å². The maximum Gasteiger partial charge on any atom is 0.161 e. The predicted octanol–water partition coefficient (Wildman–Crippen LogP) is 5.38. The van der Waals surface area contributed by atoms with Gasteiger partial charge in [-0.15, -0.1) is 0 Å². The lowest BCUT2D eigenvalue weighted by molar-refractivity contribution is -0.140. The first-order valence-corrected chi connectivity index (χ1v) is 11.5. The number of rotatable bonds is 2. The fourth-order valence-electron chi connectivity index (χ4n) is 9.66. The number of hydrogen-bond acceptors (Lipinski definition) is 2. The molecular weight excluding hydrogens is 330 g/mol. The molecule has 1 N–H and O–H groups in total. The minimum absolute atomic E-state index is 0.163. The minimum Gasteiger partial charge on any atom is -0.317 e. The van der Waals surface area contributed by atoms with Crippen molar-refractivity contribution in [1.82, 2.24) is 5.32 Å². The smallest absolute Gasteiger partial charge is 0.161 e. The monoisotopic (exact) mass is 369 g/mol. The fourth-order valence-corrected chi connectivity index (χ4v) is 9.66. The predicted molar refractivity (Wildman–Crippen MR) is 110 cm³/mol. The van der Waals surface area contributed by atoms with Gasteiger partial charge in [-0.1, -0.05) is 33.8 Å². The van der Waals surface area contributed by atoms with Crippen molar-refractivity contribution in [2.45, 2.75) is 85.6 Å². The van der Waals surface area contributed by atoms with Crippen LogP contribution in [0, 0.1) is 44.8 Å². The second-order valence-electron chi connectivity index (χ2n) is 12.0. The normalized spacial score (nSPS) is 55.9. The minimum atomic E-state index is -0.163. The van der Waals surface area contributed by atoms with E-state index in [1.807, 2.05) is 6.08 Å². The Morgan fingerprint density at radius 1 is 1.00 bits per heavy atom. The Hall–Kier alpha value is -0.630. The van der Waals surface area contributed by atoms with Crippen molar-refractivity contribution in [2.75, 3.05) is 7.05 Å². The summed E-state index contributed by atoms with van der Waals surface area (Å²) < 4.78 is 0. The third-order valence-corrected chi connectivity index (χ3v) is 11.5. The molecule has 0 aromatic rings. The zero-order chi connectivity index (χ0) is 19.5. The highest BCUT2D eigenvalue weighted by molar-refractivity contribution is 5.96. The molecule has 4 saturated carbocycles. The first-order chi connectivity index (χ1) is 12.6.